The quantitative estimate of drug-likeness (QED) is 0.128. The summed E-state index contributed by atoms with van der Waals surface area (Å²) in [4.78, 5) is 34.0. The van der Waals surface area contributed by atoms with E-state index in [0.29, 0.717) is 68.4 Å². The lowest BCUT2D eigenvalue weighted by atomic mass is 9.99. The summed E-state index contributed by atoms with van der Waals surface area (Å²) in [5.74, 6) is -0.0816. The van der Waals surface area contributed by atoms with Gasteiger partial charge >= 0.3 is 6.09 Å². The maximum atomic E-state index is 15.3. The zero-order valence-electron chi connectivity index (χ0n) is 27.1. The number of nitrogens with zero attached hydrogens (tertiary/aromatic N) is 3. The van der Waals surface area contributed by atoms with Crippen molar-refractivity contribution in [1.82, 2.24) is 25.5 Å². The molecule has 1 unspecified atom stereocenters. The maximum Gasteiger partial charge on any atom is 0.407 e. The van der Waals surface area contributed by atoms with Crippen LogP contribution in [0, 0.1) is 5.82 Å². The van der Waals surface area contributed by atoms with E-state index in [2.05, 4.69) is 20.6 Å². The first-order valence-corrected chi connectivity index (χ1v) is 16.3. The predicted molar refractivity (Wildman–Crippen MR) is 184 cm³/mol. The minimum absolute atomic E-state index is 0.00602. The van der Waals surface area contributed by atoms with E-state index >= 15 is 4.39 Å². The third kappa shape index (κ3) is 8.22. The number of rotatable bonds is 13. The first-order valence-electron chi connectivity index (χ1n) is 15.5. The molecule has 1 aliphatic rings. The smallest absolute Gasteiger partial charge is 0.407 e. The number of ether oxygens (including phenoxy) is 2. The number of aliphatic hydroxyl groups excluding tert-OH is 1. The van der Waals surface area contributed by atoms with Gasteiger partial charge in [0.1, 0.15) is 11.6 Å². The Kier molecular flexibility index (Phi) is 11.6. The van der Waals surface area contributed by atoms with Gasteiger partial charge < -0.3 is 35.2 Å². The Morgan fingerprint density at radius 1 is 1.12 bits per heavy atom. The van der Waals surface area contributed by atoms with Gasteiger partial charge in [-0.2, -0.15) is 0 Å². The monoisotopic (exact) mass is 711 g/mol. The summed E-state index contributed by atoms with van der Waals surface area (Å²) in [7, 11) is 2.90. The van der Waals surface area contributed by atoms with Crippen molar-refractivity contribution >= 4 is 35.2 Å². The van der Waals surface area contributed by atoms with Gasteiger partial charge in [0.2, 0.25) is 11.8 Å². The first kappa shape index (κ1) is 35.8. The van der Waals surface area contributed by atoms with Crippen molar-refractivity contribution in [3.05, 3.63) is 81.7 Å². The number of carbonyl (C=O) groups is 2. The van der Waals surface area contributed by atoms with Crippen molar-refractivity contribution in [2.75, 3.05) is 27.3 Å². The molecule has 2 aromatic heterocycles. The van der Waals surface area contributed by atoms with Gasteiger partial charge in [0.15, 0.2) is 0 Å². The maximum absolute atomic E-state index is 15.3. The number of amides is 2. The van der Waals surface area contributed by atoms with E-state index < -0.39 is 18.0 Å². The molecule has 0 aliphatic carbocycles. The van der Waals surface area contributed by atoms with Gasteiger partial charge in [-0.25, -0.2) is 14.2 Å². The van der Waals surface area contributed by atoms with Crippen LogP contribution in [0.25, 0.3) is 33.6 Å². The summed E-state index contributed by atoms with van der Waals surface area (Å²) in [6, 6.07) is 13.3. The molecule has 11 nitrogen and oxygen atoms in total. The molecule has 0 bridgehead atoms. The standard InChI is InChI=1S/C35H36Cl2FN5O6/c1-19(44)15-39-16-26-27(38)13-21(14-29(26)48-2)33-32(37)24(11-12-40-33)23-5-4-6-25(31(23)36)28-9-7-20(34(42-28)49-3)17-43(35(46)47)18-22-8-10-30(45)41-22/h4-7,9,11-14,19,22,39,44H,8,10,15-18H2,1-3H3,(H,41,45)(H,46,47)/t19?,22-/m0/s1. The Bertz CT molecular complexity index is 1860. The molecule has 1 fully saturated rings. The minimum Gasteiger partial charge on any atom is -0.496 e. The van der Waals surface area contributed by atoms with E-state index in [0.717, 1.165) is 0 Å². The van der Waals surface area contributed by atoms with Gasteiger partial charge in [-0.1, -0.05) is 41.4 Å². The zero-order chi connectivity index (χ0) is 35.2. The number of halogens is 3. The fourth-order valence-corrected chi connectivity index (χ4v) is 6.36. The van der Waals surface area contributed by atoms with E-state index in [1.165, 1.54) is 25.2 Å². The van der Waals surface area contributed by atoms with E-state index in [1.54, 1.807) is 55.6 Å². The molecule has 14 heteroatoms. The first-order chi connectivity index (χ1) is 23.5. The highest BCUT2D eigenvalue weighted by Crippen LogP contribution is 2.42. The molecule has 2 amide bonds. The second kappa shape index (κ2) is 15.8. The van der Waals surface area contributed by atoms with Gasteiger partial charge in [0, 0.05) is 71.7 Å². The van der Waals surface area contributed by atoms with Crippen LogP contribution in [0.1, 0.15) is 30.9 Å². The van der Waals surface area contributed by atoms with Gasteiger partial charge in [-0.05, 0) is 43.7 Å². The van der Waals surface area contributed by atoms with E-state index in [9.17, 15) is 19.8 Å². The minimum atomic E-state index is -1.13. The van der Waals surface area contributed by atoms with E-state index in [-0.39, 0.29) is 49.0 Å². The third-order valence-electron chi connectivity index (χ3n) is 8.13. The van der Waals surface area contributed by atoms with E-state index in [1.807, 2.05) is 0 Å². The summed E-state index contributed by atoms with van der Waals surface area (Å²) in [6.45, 7) is 2.22. The summed E-state index contributed by atoms with van der Waals surface area (Å²) in [5.41, 5.74) is 3.77. The van der Waals surface area contributed by atoms with Crippen LogP contribution in [0.15, 0.2) is 54.7 Å². The van der Waals surface area contributed by atoms with Crippen LogP contribution in [0.3, 0.4) is 0 Å². The van der Waals surface area contributed by atoms with Crippen LogP contribution in [-0.2, 0) is 17.9 Å². The zero-order valence-corrected chi connectivity index (χ0v) is 28.6. The number of carbonyl (C=O) groups excluding carboxylic acids is 1. The Hall–Kier alpha value is -4.49. The largest absolute Gasteiger partial charge is 0.496 e. The van der Waals surface area contributed by atoms with Gasteiger partial charge in [0.05, 0.1) is 48.3 Å². The van der Waals surface area contributed by atoms with Crippen molar-refractivity contribution in [2.45, 2.75) is 45.0 Å². The van der Waals surface area contributed by atoms with Crippen LogP contribution in [0.5, 0.6) is 11.6 Å². The number of aliphatic hydroxyl groups is 1. The molecule has 49 heavy (non-hydrogen) atoms. The summed E-state index contributed by atoms with van der Waals surface area (Å²) >= 11 is 13.9. The molecular weight excluding hydrogens is 676 g/mol. The lowest BCUT2D eigenvalue weighted by Gasteiger charge is -2.23. The molecule has 3 heterocycles. The molecule has 258 valence electrons. The molecule has 2 atom stereocenters. The Balaban J connectivity index is 1.44. The van der Waals surface area contributed by atoms with Crippen molar-refractivity contribution in [1.29, 1.82) is 0 Å². The number of methoxy groups -OCH3 is 2. The normalized spacial score (nSPS) is 14.8. The second-order valence-corrected chi connectivity index (χ2v) is 12.4. The number of pyridine rings is 2. The molecule has 1 aliphatic heterocycles. The van der Waals surface area contributed by atoms with Crippen LogP contribution >= 0.6 is 23.2 Å². The molecular formula is C35H36Cl2FN5O6. The lowest BCUT2D eigenvalue weighted by Crippen LogP contribution is -2.41. The number of aromatic nitrogens is 2. The van der Waals surface area contributed by atoms with Gasteiger partial charge in [-0.3, -0.25) is 9.78 Å². The Labute approximate surface area is 293 Å². The average molecular weight is 713 g/mol. The van der Waals surface area contributed by atoms with Crippen LogP contribution < -0.4 is 20.1 Å². The highest BCUT2D eigenvalue weighted by molar-refractivity contribution is 6.39. The fourth-order valence-electron chi connectivity index (χ4n) is 5.71. The summed E-state index contributed by atoms with van der Waals surface area (Å²) in [6.07, 6.45) is 0.779. The molecule has 0 saturated carbocycles. The number of hydrogen-bond donors (Lipinski definition) is 4. The number of benzene rings is 2. The molecule has 0 spiro atoms. The van der Waals surface area contributed by atoms with Crippen molar-refractivity contribution < 1.29 is 33.7 Å². The van der Waals surface area contributed by atoms with Crippen molar-refractivity contribution in [2.24, 2.45) is 0 Å². The number of carboxylic acid groups (broad SMARTS) is 1. The average Bonchev–Trinajstić information content (AvgIpc) is 3.49. The second-order valence-electron chi connectivity index (χ2n) is 11.6. The van der Waals surface area contributed by atoms with Gasteiger partial charge in [-0.15, -0.1) is 0 Å². The lowest BCUT2D eigenvalue weighted by molar-refractivity contribution is -0.119. The SMILES string of the molecule is COc1cc(-c2nccc(-c3cccc(-c4ccc(CN(C[C@@H]5CCC(=O)N5)C(=O)O)c(OC)n4)c3Cl)c2Cl)cc(F)c1CNCC(C)O. The Morgan fingerprint density at radius 3 is 2.55 bits per heavy atom. The highest BCUT2D eigenvalue weighted by atomic mass is 35.5. The molecule has 4 N–H and O–H groups in total. The number of nitrogens with one attached hydrogen (secondary N) is 2. The molecule has 5 rings (SSSR count). The highest BCUT2D eigenvalue weighted by Gasteiger charge is 2.26. The molecule has 4 aromatic rings. The fraction of sp³-hybridized carbons (Fsp3) is 0.314. The van der Waals surface area contributed by atoms with Crippen LogP contribution in [-0.4, -0.2) is 76.5 Å². The summed E-state index contributed by atoms with van der Waals surface area (Å²) < 4.78 is 26.4. The van der Waals surface area contributed by atoms with Crippen LogP contribution in [0.4, 0.5) is 9.18 Å². The topological polar surface area (TPSA) is 146 Å². The Morgan fingerprint density at radius 2 is 1.88 bits per heavy atom. The van der Waals surface area contributed by atoms with Crippen LogP contribution in [0.2, 0.25) is 10.0 Å². The molecule has 0 radical (unpaired) electrons. The molecule has 2 aromatic carbocycles. The predicted octanol–water partition coefficient (Wildman–Crippen LogP) is 6.17. The molecule has 1 saturated heterocycles. The van der Waals surface area contributed by atoms with E-state index in [4.69, 9.17) is 32.7 Å². The van der Waals surface area contributed by atoms with Crippen molar-refractivity contribution in [3.8, 4) is 45.3 Å². The number of hydrogen-bond acceptors (Lipinski definition) is 8. The van der Waals surface area contributed by atoms with Crippen molar-refractivity contribution in [3.63, 3.8) is 0 Å². The third-order valence-corrected chi connectivity index (χ3v) is 8.92. The van der Waals surface area contributed by atoms with Gasteiger partial charge in [0.25, 0.3) is 0 Å². The summed E-state index contributed by atoms with van der Waals surface area (Å²) in [5, 5.41) is 25.8.